The second-order valence-electron chi connectivity index (χ2n) is 3.93. The van der Waals surface area contributed by atoms with Crippen LogP contribution in [0.1, 0.15) is 24.6 Å². The van der Waals surface area contributed by atoms with Gasteiger partial charge in [-0.25, -0.2) is 0 Å². The summed E-state index contributed by atoms with van der Waals surface area (Å²) in [5.74, 6) is 1.74. The molecule has 1 unspecified atom stereocenters. The largest absolute Gasteiger partial charge is 0.494 e. The summed E-state index contributed by atoms with van der Waals surface area (Å²) in [4.78, 5) is 0. The zero-order valence-corrected chi connectivity index (χ0v) is 9.71. The van der Waals surface area contributed by atoms with Crippen molar-refractivity contribution < 1.29 is 9.15 Å². The van der Waals surface area contributed by atoms with Crippen molar-refractivity contribution in [3.8, 4) is 5.75 Å². The lowest BCUT2D eigenvalue weighted by molar-refractivity contribution is 0.297. The van der Waals surface area contributed by atoms with Crippen molar-refractivity contribution in [3.05, 3.63) is 54.5 Å². The maximum atomic E-state index is 5.97. The molecule has 0 radical (unpaired) electrons. The maximum Gasteiger partial charge on any atom is 0.120 e. The van der Waals surface area contributed by atoms with E-state index in [0.717, 1.165) is 24.4 Å². The third-order valence-corrected chi connectivity index (χ3v) is 2.58. The van der Waals surface area contributed by atoms with Gasteiger partial charge in [0.05, 0.1) is 18.9 Å². The summed E-state index contributed by atoms with van der Waals surface area (Å²) in [6.07, 6.45) is 3.42. The highest BCUT2D eigenvalue weighted by Crippen LogP contribution is 2.16. The number of hydrogen-bond acceptors (Lipinski definition) is 3. The second kappa shape index (κ2) is 6.11. The monoisotopic (exact) mass is 231 g/mol. The SMILES string of the molecule is NC(CCCOc1ccccc1)c1ccco1. The number of nitrogens with two attached hydrogens (primary N) is 1. The zero-order chi connectivity index (χ0) is 11.9. The Morgan fingerprint density at radius 1 is 1.12 bits per heavy atom. The van der Waals surface area contributed by atoms with Crippen LogP contribution in [0.15, 0.2) is 53.1 Å². The minimum absolute atomic E-state index is 0.0376. The Balaban J connectivity index is 1.67. The van der Waals surface area contributed by atoms with Gasteiger partial charge < -0.3 is 14.9 Å². The van der Waals surface area contributed by atoms with E-state index in [4.69, 9.17) is 14.9 Å². The van der Waals surface area contributed by atoms with Crippen molar-refractivity contribution >= 4 is 0 Å². The molecule has 2 aromatic rings. The van der Waals surface area contributed by atoms with Crippen LogP contribution in [0.25, 0.3) is 0 Å². The van der Waals surface area contributed by atoms with Crippen molar-refractivity contribution in [2.75, 3.05) is 6.61 Å². The molecule has 2 rings (SSSR count). The van der Waals surface area contributed by atoms with Gasteiger partial charge in [-0.05, 0) is 37.1 Å². The normalized spacial score (nSPS) is 12.3. The van der Waals surface area contributed by atoms with Gasteiger partial charge in [0.25, 0.3) is 0 Å². The van der Waals surface area contributed by atoms with Crippen molar-refractivity contribution in [1.82, 2.24) is 0 Å². The Hall–Kier alpha value is -1.74. The van der Waals surface area contributed by atoms with Crippen molar-refractivity contribution in [2.45, 2.75) is 18.9 Å². The fraction of sp³-hybridized carbons (Fsp3) is 0.286. The molecule has 3 heteroatoms. The average Bonchev–Trinajstić information content (AvgIpc) is 2.89. The molecule has 1 aromatic carbocycles. The minimum atomic E-state index is -0.0376. The summed E-state index contributed by atoms with van der Waals surface area (Å²) in [6, 6.07) is 13.5. The van der Waals surface area contributed by atoms with Gasteiger partial charge in [0.15, 0.2) is 0 Å². The van der Waals surface area contributed by atoms with Crippen LogP contribution in [-0.4, -0.2) is 6.61 Å². The van der Waals surface area contributed by atoms with E-state index in [0.29, 0.717) is 6.61 Å². The number of hydrogen-bond donors (Lipinski definition) is 1. The average molecular weight is 231 g/mol. The number of ether oxygens (including phenoxy) is 1. The molecule has 1 atom stereocenters. The summed E-state index contributed by atoms with van der Waals surface area (Å²) in [5, 5.41) is 0. The van der Waals surface area contributed by atoms with Gasteiger partial charge in [-0.3, -0.25) is 0 Å². The zero-order valence-electron chi connectivity index (χ0n) is 9.71. The van der Waals surface area contributed by atoms with Crippen molar-refractivity contribution in [1.29, 1.82) is 0 Å². The standard InChI is InChI=1S/C14H17NO2/c15-13(14-9-5-11-17-14)8-4-10-16-12-6-2-1-3-7-12/h1-3,5-7,9,11,13H,4,8,10,15H2. The van der Waals surface area contributed by atoms with Crippen LogP contribution in [-0.2, 0) is 0 Å². The van der Waals surface area contributed by atoms with Crippen LogP contribution in [0.3, 0.4) is 0 Å². The first-order chi connectivity index (χ1) is 8.36. The van der Waals surface area contributed by atoms with Gasteiger partial charge in [0, 0.05) is 0 Å². The third-order valence-electron chi connectivity index (χ3n) is 2.58. The lowest BCUT2D eigenvalue weighted by Crippen LogP contribution is -2.10. The Labute approximate surface area is 101 Å². The smallest absolute Gasteiger partial charge is 0.120 e. The van der Waals surface area contributed by atoms with Gasteiger partial charge in [-0.2, -0.15) is 0 Å². The molecule has 90 valence electrons. The fourth-order valence-electron chi connectivity index (χ4n) is 1.65. The first-order valence-electron chi connectivity index (χ1n) is 5.83. The molecule has 2 N–H and O–H groups in total. The lowest BCUT2D eigenvalue weighted by atomic mass is 10.1. The topological polar surface area (TPSA) is 48.4 Å². The summed E-state index contributed by atoms with van der Waals surface area (Å²) in [7, 11) is 0. The highest BCUT2D eigenvalue weighted by atomic mass is 16.5. The van der Waals surface area contributed by atoms with Crippen LogP contribution in [0, 0.1) is 0 Å². The Morgan fingerprint density at radius 2 is 1.94 bits per heavy atom. The predicted molar refractivity (Wildman–Crippen MR) is 66.8 cm³/mol. The summed E-state index contributed by atoms with van der Waals surface area (Å²) in [6.45, 7) is 0.679. The van der Waals surface area contributed by atoms with Crippen LogP contribution >= 0.6 is 0 Å². The third kappa shape index (κ3) is 3.64. The quantitative estimate of drug-likeness (QED) is 0.777. The molecule has 0 saturated carbocycles. The van der Waals surface area contributed by atoms with Gasteiger partial charge >= 0.3 is 0 Å². The molecule has 1 aromatic heterocycles. The molecule has 0 bridgehead atoms. The maximum absolute atomic E-state index is 5.97. The number of benzene rings is 1. The molecule has 17 heavy (non-hydrogen) atoms. The van der Waals surface area contributed by atoms with Gasteiger partial charge in [-0.15, -0.1) is 0 Å². The molecule has 0 aliphatic carbocycles. The van der Waals surface area contributed by atoms with E-state index in [1.165, 1.54) is 0 Å². The fourth-order valence-corrected chi connectivity index (χ4v) is 1.65. The van der Waals surface area contributed by atoms with E-state index in [1.807, 2.05) is 42.5 Å². The highest BCUT2D eigenvalue weighted by molar-refractivity contribution is 5.20. The Morgan fingerprint density at radius 3 is 2.65 bits per heavy atom. The highest BCUT2D eigenvalue weighted by Gasteiger charge is 2.07. The van der Waals surface area contributed by atoms with E-state index < -0.39 is 0 Å². The molecule has 0 saturated heterocycles. The molecule has 0 fully saturated rings. The molecule has 1 heterocycles. The van der Waals surface area contributed by atoms with Crippen molar-refractivity contribution in [3.63, 3.8) is 0 Å². The number of para-hydroxylation sites is 1. The van der Waals surface area contributed by atoms with E-state index in [1.54, 1.807) is 6.26 Å². The van der Waals surface area contributed by atoms with E-state index in [9.17, 15) is 0 Å². The lowest BCUT2D eigenvalue weighted by Gasteiger charge is -2.09. The van der Waals surface area contributed by atoms with Gasteiger partial charge in [0.2, 0.25) is 0 Å². The molecule has 3 nitrogen and oxygen atoms in total. The first-order valence-corrected chi connectivity index (χ1v) is 5.83. The predicted octanol–water partition coefficient (Wildman–Crippen LogP) is 3.14. The number of rotatable bonds is 6. The summed E-state index contributed by atoms with van der Waals surface area (Å²) < 4.78 is 10.8. The molecule has 0 spiro atoms. The molecule has 0 amide bonds. The van der Waals surface area contributed by atoms with Crippen LogP contribution < -0.4 is 10.5 Å². The van der Waals surface area contributed by atoms with E-state index in [-0.39, 0.29) is 6.04 Å². The summed E-state index contributed by atoms with van der Waals surface area (Å²) >= 11 is 0. The molecular weight excluding hydrogens is 214 g/mol. The van der Waals surface area contributed by atoms with Crippen LogP contribution in [0.4, 0.5) is 0 Å². The van der Waals surface area contributed by atoms with Gasteiger partial charge in [0.1, 0.15) is 11.5 Å². The Kier molecular flexibility index (Phi) is 4.22. The van der Waals surface area contributed by atoms with E-state index >= 15 is 0 Å². The molecule has 0 aliphatic rings. The summed E-state index contributed by atoms with van der Waals surface area (Å²) in [5.41, 5.74) is 5.97. The van der Waals surface area contributed by atoms with Crippen LogP contribution in [0.5, 0.6) is 5.75 Å². The second-order valence-corrected chi connectivity index (χ2v) is 3.93. The molecule has 0 aliphatic heterocycles. The van der Waals surface area contributed by atoms with Gasteiger partial charge in [-0.1, -0.05) is 18.2 Å². The Bertz CT molecular complexity index is 411. The van der Waals surface area contributed by atoms with E-state index in [2.05, 4.69) is 0 Å². The minimum Gasteiger partial charge on any atom is -0.494 e. The van der Waals surface area contributed by atoms with Crippen molar-refractivity contribution in [2.24, 2.45) is 5.73 Å². The number of furan rings is 1. The molecular formula is C14H17NO2. The first kappa shape index (κ1) is 11.7. The van der Waals surface area contributed by atoms with Crippen LogP contribution in [0.2, 0.25) is 0 Å².